The number of aliphatic carboxylic acids is 1. The maximum Gasteiger partial charge on any atom is 0.326 e. The summed E-state index contributed by atoms with van der Waals surface area (Å²) in [4.78, 5) is 34.7. The summed E-state index contributed by atoms with van der Waals surface area (Å²) >= 11 is 0. The number of hydrogen-bond acceptors (Lipinski definition) is 5. The Morgan fingerprint density at radius 1 is 1.50 bits per heavy atom. The molecule has 0 radical (unpaired) electrons. The normalized spacial score (nSPS) is 17.1. The molecular formula is C13H15N3O6. The number of rotatable bonds is 4. The summed E-state index contributed by atoms with van der Waals surface area (Å²) in [6, 6.07) is 2.53. The van der Waals surface area contributed by atoms with Gasteiger partial charge < -0.3 is 20.1 Å². The molecule has 1 aliphatic rings. The van der Waals surface area contributed by atoms with E-state index in [1.807, 2.05) is 0 Å². The SMILES string of the molecule is COc1ccc(NC(=O)N2CCC[C@@H]2C(=O)O)cc1[N+](=O)[O-]. The molecular weight excluding hydrogens is 294 g/mol. The van der Waals surface area contributed by atoms with E-state index in [9.17, 15) is 19.7 Å². The van der Waals surface area contributed by atoms with Crippen molar-refractivity contribution in [2.24, 2.45) is 0 Å². The zero-order chi connectivity index (χ0) is 16.3. The molecule has 9 nitrogen and oxygen atoms in total. The highest BCUT2D eigenvalue weighted by Gasteiger charge is 2.34. The lowest BCUT2D eigenvalue weighted by Gasteiger charge is -2.21. The van der Waals surface area contributed by atoms with Gasteiger partial charge in [-0.1, -0.05) is 0 Å². The van der Waals surface area contributed by atoms with Gasteiger partial charge in [-0.25, -0.2) is 9.59 Å². The Kier molecular flexibility index (Phi) is 4.44. The number of carbonyl (C=O) groups excluding carboxylic acids is 1. The summed E-state index contributed by atoms with van der Waals surface area (Å²) in [5, 5.41) is 22.5. The number of methoxy groups -OCH3 is 1. The number of nitrogens with zero attached hydrogens (tertiary/aromatic N) is 2. The predicted octanol–water partition coefficient (Wildman–Crippen LogP) is 1.68. The number of hydrogen-bond donors (Lipinski definition) is 2. The van der Waals surface area contributed by atoms with Crippen molar-refractivity contribution in [1.29, 1.82) is 0 Å². The highest BCUT2D eigenvalue weighted by atomic mass is 16.6. The van der Waals surface area contributed by atoms with Crippen LogP contribution in [0.1, 0.15) is 12.8 Å². The molecule has 0 bridgehead atoms. The van der Waals surface area contributed by atoms with Gasteiger partial charge in [-0.3, -0.25) is 10.1 Å². The van der Waals surface area contributed by atoms with Crippen LogP contribution < -0.4 is 10.1 Å². The second kappa shape index (κ2) is 6.29. The standard InChI is InChI=1S/C13H15N3O6/c1-22-11-5-4-8(7-10(11)16(20)21)14-13(19)15-6-2-3-9(15)12(17)18/h4-5,7,9H,2-3,6H2,1H3,(H,14,19)(H,17,18)/t9-/m1/s1. The number of benzene rings is 1. The number of urea groups is 1. The van der Waals surface area contributed by atoms with Crippen LogP contribution in [0.3, 0.4) is 0 Å². The fourth-order valence-corrected chi connectivity index (χ4v) is 2.37. The smallest absolute Gasteiger partial charge is 0.326 e. The number of likely N-dealkylation sites (tertiary alicyclic amines) is 1. The Balaban J connectivity index is 2.16. The van der Waals surface area contributed by atoms with E-state index in [2.05, 4.69) is 5.32 Å². The van der Waals surface area contributed by atoms with Gasteiger partial charge in [-0.05, 0) is 25.0 Å². The molecule has 1 aliphatic heterocycles. The monoisotopic (exact) mass is 309 g/mol. The molecule has 0 unspecified atom stereocenters. The van der Waals surface area contributed by atoms with Crippen molar-refractivity contribution in [3.8, 4) is 5.75 Å². The maximum atomic E-state index is 12.1. The molecule has 1 aromatic carbocycles. The molecule has 2 rings (SSSR count). The van der Waals surface area contributed by atoms with Crippen molar-refractivity contribution in [2.75, 3.05) is 19.0 Å². The second-order valence-electron chi connectivity index (χ2n) is 4.76. The number of amides is 2. The van der Waals surface area contributed by atoms with Gasteiger partial charge in [0.05, 0.1) is 12.0 Å². The molecule has 118 valence electrons. The van der Waals surface area contributed by atoms with Gasteiger partial charge in [0.2, 0.25) is 0 Å². The van der Waals surface area contributed by atoms with E-state index in [1.54, 1.807) is 0 Å². The van der Waals surface area contributed by atoms with E-state index < -0.39 is 23.0 Å². The predicted molar refractivity (Wildman–Crippen MR) is 76.0 cm³/mol. The van der Waals surface area contributed by atoms with Gasteiger partial charge in [0, 0.05) is 18.3 Å². The highest BCUT2D eigenvalue weighted by Crippen LogP contribution is 2.30. The highest BCUT2D eigenvalue weighted by molar-refractivity contribution is 5.93. The minimum Gasteiger partial charge on any atom is -0.490 e. The van der Waals surface area contributed by atoms with Crippen LogP contribution in [-0.4, -0.2) is 46.6 Å². The largest absolute Gasteiger partial charge is 0.490 e. The summed E-state index contributed by atoms with van der Waals surface area (Å²) < 4.78 is 4.87. The minimum absolute atomic E-state index is 0.0765. The fraction of sp³-hybridized carbons (Fsp3) is 0.385. The van der Waals surface area contributed by atoms with Crippen molar-refractivity contribution in [2.45, 2.75) is 18.9 Å². The summed E-state index contributed by atoms with van der Waals surface area (Å²) in [5.41, 5.74) is -0.0787. The Morgan fingerprint density at radius 3 is 2.82 bits per heavy atom. The molecule has 0 aliphatic carbocycles. The number of nitro benzene ring substituents is 1. The first-order valence-electron chi connectivity index (χ1n) is 6.57. The lowest BCUT2D eigenvalue weighted by Crippen LogP contribution is -2.42. The van der Waals surface area contributed by atoms with Crippen molar-refractivity contribution in [3.05, 3.63) is 28.3 Å². The van der Waals surface area contributed by atoms with Crippen molar-refractivity contribution in [3.63, 3.8) is 0 Å². The molecule has 9 heteroatoms. The third kappa shape index (κ3) is 3.08. The Labute approximate surface area is 125 Å². The van der Waals surface area contributed by atoms with Gasteiger partial charge >= 0.3 is 17.7 Å². The molecule has 2 amide bonds. The Hall–Kier alpha value is -2.84. The van der Waals surface area contributed by atoms with E-state index in [-0.39, 0.29) is 17.1 Å². The number of anilines is 1. The van der Waals surface area contributed by atoms with Crippen LogP contribution in [0.25, 0.3) is 0 Å². The summed E-state index contributed by atoms with van der Waals surface area (Å²) in [6.45, 7) is 0.334. The Bertz CT molecular complexity index is 618. The van der Waals surface area contributed by atoms with Gasteiger partial charge in [0.25, 0.3) is 0 Å². The first-order chi connectivity index (χ1) is 10.4. The Morgan fingerprint density at radius 2 is 2.23 bits per heavy atom. The van der Waals surface area contributed by atoms with E-state index in [1.165, 1.54) is 30.2 Å². The first-order valence-corrected chi connectivity index (χ1v) is 6.57. The fourth-order valence-electron chi connectivity index (χ4n) is 2.37. The zero-order valence-electron chi connectivity index (χ0n) is 11.8. The van der Waals surface area contributed by atoms with Crippen LogP contribution in [0.15, 0.2) is 18.2 Å². The number of carboxylic acids is 1. The van der Waals surface area contributed by atoms with Gasteiger partial charge in [0.1, 0.15) is 6.04 Å². The summed E-state index contributed by atoms with van der Waals surface area (Å²) in [5.74, 6) is -0.985. The van der Waals surface area contributed by atoms with E-state index in [4.69, 9.17) is 9.84 Å². The summed E-state index contributed by atoms with van der Waals surface area (Å²) in [7, 11) is 1.31. The lowest BCUT2D eigenvalue weighted by molar-refractivity contribution is -0.385. The van der Waals surface area contributed by atoms with Crippen LogP contribution in [0, 0.1) is 10.1 Å². The van der Waals surface area contributed by atoms with Gasteiger partial charge in [-0.2, -0.15) is 0 Å². The minimum atomic E-state index is -1.06. The average molecular weight is 309 g/mol. The van der Waals surface area contributed by atoms with E-state index in [0.29, 0.717) is 19.4 Å². The van der Waals surface area contributed by atoms with Gasteiger partial charge in [0.15, 0.2) is 5.75 Å². The third-order valence-electron chi connectivity index (χ3n) is 3.43. The number of nitrogens with one attached hydrogen (secondary N) is 1. The van der Waals surface area contributed by atoms with Crippen LogP contribution in [-0.2, 0) is 4.79 Å². The maximum absolute atomic E-state index is 12.1. The van der Waals surface area contributed by atoms with Crippen LogP contribution in [0.2, 0.25) is 0 Å². The van der Waals surface area contributed by atoms with Crippen LogP contribution in [0.4, 0.5) is 16.2 Å². The number of ether oxygens (including phenoxy) is 1. The van der Waals surface area contributed by atoms with E-state index in [0.717, 1.165) is 0 Å². The molecule has 0 aromatic heterocycles. The van der Waals surface area contributed by atoms with Crippen molar-refractivity contribution >= 4 is 23.4 Å². The first kappa shape index (κ1) is 15.5. The topological polar surface area (TPSA) is 122 Å². The van der Waals surface area contributed by atoms with Crippen molar-refractivity contribution in [1.82, 2.24) is 4.90 Å². The molecule has 22 heavy (non-hydrogen) atoms. The van der Waals surface area contributed by atoms with Gasteiger partial charge in [-0.15, -0.1) is 0 Å². The number of carboxylic acid groups (broad SMARTS) is 1. The quantitative estimate of drug-likeness (QED) is 0.644. The molecule has 1 saturated heterocycles. The average Bonchev–Trinajstić information content (AvgIpc) is 2.96. The molecule has 1 aromatic rings. The summed E-state index contributed by atoms with van der Waals surface area (Å²) in [6.07, 6.45) is 0.999. The number of carbonyl (C=O) groups is 2. The second-order valence-corrected chi connectivity index (χ2v) is 4.76. The molecule has 1 fully saturated rings. The zero-order valence-corrected chi connectivity index (χ0v) is 11.8. The van der Waals surface area contributed by atoms with Crippen LogP contribution in [0.5, 0.6) is 5.75 Å². The molecule has 0 spiro atoms. The van der Waals surface area contributed by atoms with Crippen LogP contribution >= 0.6 is 0 Å². The van der Waals surface area contributed by atoms with E-state index >= 15 is 0 Å². The molecule has 1 atom stereocenters. The lowest BCUT2D eigenvalue weighted by atomic mass is 10.2. The van der Waals surface area contributed by atoms with Crippen molar-refractivity contribution < 1.29 is 24.4 Å². The molecule has 0 saturated carbocycles. The molecule has 1 heterocycles. The third-order valence-corrected chi connectivity index (χ3v) is 3.43. The molecule has 2 N–H and O–H groups in total. The number of nitro groups is 1.